The van der Waals surface area contributed by atoms with Crippen LogP contribution in [0.1, 0.15) is 25.7 Å². The van der Waals surface area contributed by atoms with Gasteiger partial charge < -0.3 is 11.1 Å². The van der Waals surface area contributed by atoms with E-state index in [4.69, 9.17) is 5.73 Å². The van der Waals surface area contributed by atoms with E-state index in [2.05, 4.69) is 5.32 Å². The summed E-state index contributed by atoms with van der Waals surface area (Å²) in [5.41, 5.74) is 5.46. The average Bonchev–Trinajstić information content (AvgIpc) is 2.98. The van der Waals surface area contributed by atoms with Crippen molar-refractivity contribution < 1.29 is 9.85 Å². The lowest BCUT2D eigenvalue weighted by atomic mass is 9.98. The summed E-state index contributed by atoms with van der Waals surface area (Å²) >= 11 is 0. The van der Waals surface area contributed by atoms with Gasteiger partial charge in [0.1, 0.15) is 5.69 Å². The molecule has 1 saturated carbocycles. The first-order valence-corrected chi connectivity index (χ1v) is 6.92. The van der Waals surface area contributed by atoms with Crippen LogP contribution in [0.4, 0.5) is 17.1 Å². The summed E-state index contributed by atoms with van der Waals surface area (Å²) in [6.07, 6.45) is 4.39. The number of nitrogens with zero attached hydrogens (tertiary/aromatic N) is 2. The van der Waals surface area contributed by atoms with Crippen LogP contribution in [-0.4, -0.2) is 22.4 Å². The molecular formula is C13H18N4O4. The fraction of sp³-hybridized carbons (Fsp3) is 0.538. The third kappa shape index (κ3) is 3.46. The number of benzene rings is 1. The summed E-state index contributed by atoms with van der Waals surface area (Å²) in [5, 5.41) is 24.9. The van der Waals surface area contributed by atoms with Gasteiger partial charge in [0.05, 0.1) is 15.9 Å². The van der Waals surface area contributed by atoms with Crippen molar-refractivity contribution in [2.75, 3.05) is 11.9 Å². The highest BCUT2D eigenvalue weighted by Crippen LogP contribution is 2.33. The number of nitrogens with one attached hydrogen (secondary N) is 1. The number of nitro benzene ring substituents is 2. The van der Waals surface area contributed by atoms with Gasteiger partial charge in [-0.05, 0) is 24.8 Å². The SMILES string of the molecule is NCC(Nc1ccc([N+](=O)[O-])cc1[N+](=O)[O-])C1CCCC1. The van der Waals surface area contributed by atoms with E-state index in [0.717, 1.165) is 31.7 Å². The quantitative estimate of drug-likeness (QED) is 0.613. The Hall–Kier alpha value is -2.22. The van der Waals surface area contributed by atoms with Gasteiger partial charge in [-0.1, -0.05) is 12.8 Å². The molecule has 8 heteroatoms. The summed E-state index contributed by atoms with van der Waals surface area (Å²) in [4.78, 5) is 20.6. The van der Waals surface area contributed by atoms with E-state index in [1.165, 1.54) is 12.1 Å². The molecule has 1 atom stereocenters. The lowest BCUT2D eigenvalue weighted by Crippen LogP contribution is -2.35. The Labute approximate surface area is 121 Å². The third-order valence-electron chi connectivity index (χ3n) is 3.95. The van der Waals surface area contributed by atoms with Crippen LogP contribution in [0.15, 0.2) is 18.2 Å². The van der Waals surface area contributed by atoms with Crippen molar-refractivity contribution in [3.8, 4) is 0 Å². The Kier molecular flexibility index (Phi) is 4.69. The highest BCUT2D eigenvalue weighted by atomic mass is 16.6. The van der Waals surface area contributed by atoms with Crippen molar-refractivity contribution in [3.05, 3.63) is 38.4 Å². The van der Waals surface area contributed by atoms with Crippen LogP contribution in [-0.2, 0) is 0 Å². The summed E-state index contributed by atoms with van der Waals surface area (Å²) in [6.45, 7) is 0.374. The molecule has 1 fully saturated rings. The molecule has 0 bridgehead atoms. The zero-order chi connectivity index (χ0) is 15.4. The topological polar surface area (TPSA) is 124 Å². The van der Waals surface area contributed by atoms with Gasteiger partial charge in [0.15, 0.2) is 0 Å². The maximum atomic E-state index is 11.1. The van der Waals surface area contributed by atoms with Crippen LogP contribution in [0.3, 0.4) is 0 Å². The molecule has 0 heterocycles. The molecule has 1 aromatic carbocycles. The van der Waals surface area contributed by atoms with E-state index in [-0.39, 0.29) is 23.1 Å². The van der Waals surface area contributed by atoms with E-state index in [1.807, 2.05) is 0 Å². The van der Waals surface area contributed by atoms with E-state index < -0.39 is 9.85 Å². The molecule has 1 aliphatic carbocycles. The van der Waals surface area contributed by atoms with Gasteiger partial charge >= 0.3 is 0 Å². The zero-order valence-corrected chi connectivity index (χ0v) is 11.5. The van der Waals surface area contributed by atoms with Crippen LogP contribution in [0.25, 0.3) is 0 Å². The first kappa shape index (κ1) is 15.2. The molecule has 0 amide bonds. The summed E-state index contributed by atoms with van der Waals surface area (Å²) in [6, 6.07) is 3.57. The van der Waals surface area contributed by atoms with Crippen LogP contribution < -0.4 is 11.1 Å². The van der Waals surface area contributed by atoms with Crippen molar-refractivity contribution in [1.82, 2.24) is 0 Å². The predicted octanol–water partition coefficient (Wildman–Crippen LogP) is 2.43. The maximum Gasteiger partial charge on any atom is 0.299 e. The fourth-order valence-electron chi connectivity index (χ4n) is 2.84. The maximum absolute atomic E-state index is 11.1. The highest BCUT2D eigenvalue weighted by Gasteiger charge is 2.27. The standard InChI is InChI=1S/C13H18N4O4/c14-8-12(9-3-1-2-4-9)15-11-6-5-10(16(18)19)7-13(11)17(20)21/h5-7,9,12,15H,1-4,8,14H2. The number of hydrogen-bond acceptors (Lipinski definition) is 6. The van der Waals surface area contributed by atoms with Crippen molar-refractivity contribution >= 4 is 17.1 Å². The van der Waals surface area contributed by atoms with Crippen LogP contribution >= 0.6 is 0 Å². The molecule has 21 heavy (non-hydrogen) atoms. The van der Waals surface area contributed by atoms with E-state index in [1.54, 1.807) is 0 Å². The van der Waals surface area contributed by atoms with Crippen molar-refractivity contribution in [2.24, 2.45) is 11.7 Å². The van der Waals surface area contributed by atoms with Crippen molar-refractivity contribution in [1.29, 1.82) is 0 Å². The molecule has 0 aliphatic heterocycles. The van der Waals surface area contributed by atoms with Gasteiger partial charge in [-0.3, -0.25) is 20.2 Å². The van der Waals surface area contributed by atoms with E-state index in [9.17, 15) is 20.2 Å². The number of non-ortho nitro benzene ring substituents is 1. The molecule has 0 radical (unpaired) electrons. The van der Waals surface area contributed by atoms with Gasteiger partial charge in [-0.2, -0.15) is 0 Å². The minimum absolute atomic E-state index is 0.0485. The molecular weight excluding hydrogens is 276 g/mol. The second-order valence-electron chi connectivity index (χ2n) is 5.25. The highest BCUT2D eigenvalue weighted by molar-refractivity contribution is 5.65. The zero-order valence-electron chi connectivity index (χ0n) is 11.5. The Bertz CT molecular complexity index is 543. The summed E-state index contributed by atoms with van der Waals surface area (Å²) < 4.78 is 0. The predicted molar refractivity (Wildman–Crippen MR) is 78.2 cm³/mol. The molecule has 0 aromatic heterocycles. The lowest BCUT2D eigenvalue weighted by Gasteiger charge is -2.24. The van der Waals surface area contributed by atoms with Crippen LogP contribution in [0, 0.1) is 26.1 Å². The lowest BCUT2D eigenvalue weighted by molar-refractivity contribution is -0.393. The van der Waals surface area contributed by atoms with Crippen LogP contribution in [0.5, 0.6) is 0 Å². The fourth-order valence-corrected chi connectivity index (χ4v) is 2.84. The minimum Gasteiger partial charge on any atom is -0.375 e. The molecule has 0 saturated heterocycles. The molecule has 1 aromatic rings. The minimum atomic E-state index is -0.645. The average molecular weight is 294 g/mol. The Morgan fingerprint density at radius 3 is 2.43 bits per heavy atom. The second-order valence-corrected chi connectivity index (χ2v) is 5.25. The van der Waals surface area contributed by atoms with E-state index >= 15 is 0 Å². The van der Waals surface area contributed by atoms with Gasteiger partial charge in [0, 0.05) is 18.7 Å². The number of nitrogens with two attached hydrogens (primary N) is 1. The first-order chi connectivity index (χ1) is 10.0. The molecule has 8 nitrogen and oxygen atoms in total. The summed E-state index contributed by atoms with van der Waals surface area (Å²) in [5.74, 6) is 0.393. The Morgan fingerprint density at radius 1 is 1.24 bits per heavy atom. The molecule has 1 aliphatic rings. The third-order valence-corrected chi connectivity index (χ3v) is 3.95. The summed E-state index contributed by atoms with van der Waals surface area (Å²) in [7, 11) is 0. The molecule has 3 N–H and O–H groups in total. The first-order valence-electron chi connectivity index (χ1n) is 6.92. The van der Waals surface area contributed by atoms with Crippen LogP contribution in [0.2, 0.25) is 0 Å². The number of anilines is 1. The largest absolute Gasteiger partial charge is 0.375 e. The Morgan fingerprint density at radius 2 is 1.90 bits per heavy atom. The molecule has 0 spiro atoms. The van der Waals surface area contributed by atoms with Crippen molar-refractivity contribution in [2.45, 2.75) is 31.7 Å². The number of rotatable bonds is 6. The molecule has 114 valence electrons. The number of nitro groups is 2. The van der Waals surface area contributed by atoms with Crippen molar-refractivity contribution in [3.63, 3.8) is 0 Å². The molecule has 2 rings (SSSR count). The second kappa shape index (κ2) is 6.49. The Balaban J connectivity index is 2.25. The van der Waals surface area contributed by atoms with Gasteiger partial charge in [-0.15, -0.1) is 0 Å². The normalized spacial score (nSPS) is 16.6. The smallest absolute Gasteiger partial charge is 0.299 e. The number of hydrogen-bond donors (Lipinski definition) is 2. The van der Waals surface area contributed by atoms with Gasteiger partial charge in [0.2, 0.25) is 0 Å². The van der Waals surface area contributed by atoms with Gasteiger partial charge in [0.25, 0.3) is 11.4 Å². The monoisotopic (exact) mass is 294 g/mol. The van der Waals surface area contributed by atoms with Gasteiger partial charge in [-0.25, -0.2) is 0 Å². The van der Waals surface area contributed by atoms with E-state index in [0.29, 0.717) is 12.5 Å². The molecule has 1 unspecified atom stereocenters.